The predicted molar refractivity (Wildman–Crippen MR) is 83.4 cm³/mol. The first-order valence-corrected chi connectivity index (χ1v) is 9.12. The van der Waals surface area contributed by atoms with E-state index in [9.17, 15) is 13.2 Å². The van der Waals surface area contributed by atoms with Crippen molar-refractivity contribution in [3.63, 3.8) is 0 Å². The summed E-state index contributed by atoms with van der Waals surface area (Å²) < 4.78 is 28.4. The lowest BCUT2D eigenvalue weighted by atomic mass is 10.2. The van der Waals surface area contributed by atoms with Crippen LogP contribution >= 0.6 is 0 Å². The largest absolute Gasteiger partial charge is 0.372 e. The number of morpholine rings is 1. The summed E-state index contributed by atoms with van der Waals surface area (Å²) in [5, 5.41) is 2.85. The lowest BCUT2D eigenvalue weighted by Gasteiger charge is -2.35. The lowest BCUT2D eigenvalue weighted by Crippen LogP contribution is -2.51. The van der Waals surface area contributed by atoms with Crippen molar-refractivity contribution in [2.45, 2.75) is 37.5 Å². The number of nitrogens with one attached hydrogen (secondary N) is 1. The number of carbonyl (C=O) groups is 1. The molecule has 0 spiro atoms. The molecule has 0 radical (unpaired) electrons. The molecule has 2 rings (SSSR count). The van der Waals surface area contributed by atoms with Gasteiger partial charge in [0.15, 0.2) is 9.84 Å². The fraction of sp³-hybridized carbons (Fsp3) is 0.533. The minimum Gasteiger partial charge on any atom is -0.372 e. The molecular weight excluding hydrogens is 304 g/mol. The Balaban J connectivity index is 1.91. The van der Waals surface area contributed by atoms with Crippen LogP contribution in [0.3, 0.4) is 0 Å². The summed E-state index contributed by atoms with van der Waals surface area (Å²) in [6, 6.07) is 6.39. The van der Waals surface area contributed by atoms with Crippen LogP contribution in [0.1, 0.15) is 19.4 Å². The van der Waals surface area contributed by atoms with Crippen LogP contribution in [0.15, 0.2) is 29.2 Å². The number of amides is 2. The van der Waals surface area contributed by atoms with Crippen molar-refractivity contribution in [1.82, 2.24) is 10.2 Å². The molecule has 22 heavy (non-hydrogen) atoms. The molecule has 0 saturated carbocycles. The Labute approximate surface area is 131 Å². The van der Waals surface area contributed by atoms with Crippen LogP contribution in [-0.2, 0) is 21.1 Å². The number of nitrogens with zero attached hydrogens (tertiary/aromatic N) is 1. The number of urea groups is 1. The fourth-order valence-corrected chi connectivity index (χ4v) is 3.12. The third-order valence-corrected chi connectivity index (χ3v) is 4.63. The number of ether oxygens (including phenoxy) is 1. The van der Waals surface area contributed by atoms with Gasteiger partial charge in [-0.2, -0.15) is 0 Å². The first kappa shape index (κ1) is 16.8. The normalized spacial score (nSPS) is 22.4. The van der Waals surface area contributed by atoms with E-state index in [0.717, 1.165) is 5.56 Å². The van der Waals surface area contributed by atoms with Crippen LogP contribution in [-0.4, -0.2) is 50.9 Å². The van der Waals surface area contributed by atoms with Crippen LogP contribution < -0.4 is 5.32 Å². The molecule has 0 aromatic heterocycles. The molecule has 0 bridgehead atoms. The van der Waals surface area contributed by atoms with Crippen LogP contribution in [0.5, 0.6) is 0 Å². The van der Waals surface area contributed by atoms with Crippen molar-refractivity contribution in [3.8, 4) is 0 Å². The zero-order valence-electron chi connectivity index (χ0n) is 13.1. The second-order valence-corrected chi connectivity index (χ2v) is 7.75. The zero-order valence-corrected chi connectivity index (χ0v) is 13.9. The maximum Gasteiger partial charge on any atom is 0.317 e. The summed E-state index contributed by atoms with van der Waals surface area (Å²) in [7, 11) is -3.19. The number of sulfone groups is 1. The quantitative estimate of drug-likeness (QED) is 0.911. The third-order valence-electron chi connectivity index (χ3n) is 3.50. The summed E-state index contributed by atoms with van der Waals surface area (Å²) in [6.45, 7) is 5.40. The van der Waals surface area contributed by atoms with Gasteiger partial charge in [0.05, 0.1) is 17.1 Å². The molecule has 7 heteroatoms. The Bertz CT molecular complexity index is 617. The van der Waals surface area contributed by atoms with Crippen LogP contribution in [0.25, 0.3) is 0 Å². The monoisotopic (exact) mass is 326 g/mol. The van der Waals surface area contributed by atoms with Gasteiger partial charge >= 0.3 is 6.03 Å². The van der Waals surface area contributed by atoms with Crippen LogP contribution in [0.4, 0.5) is 4.79 Å². The summed E-state index contributed by atoms with van der Waals surface area (Å²) >= 11 is 0. The number of carbonyl (C=O) groups excluding carboxylic acids is 1. The summed E-state index contributed by atoms with van der Waals surface area (Å²) in [6.07, 6.45) is 1.23. The van der Waals surface area contributed by atoms with Crippen LogP contribution in [0.2, 0.25) is 0 Å². The van der Waals surface area contributed by atoms with Gasteiger partial charge in [-0.25, -0.2) is 13.2 Å². The molecule has 122 valence electrons. The van der Waals surface area contributed by atoms with E-state index in [2.05, 4.69) is 5.32 Å². The van der Waals surface area contributed by atoms with Crippen molar-refractivity contribution >= 4 is 15.9 Å². The zero-order chi connectivity index (χ0) is 16.3. The first-order valence-electron chi connectivity index (χ1n) is 7.23. The van der Waals surface area contributed by atoms with Gasteiger partial charge in [-0.05, 0) is 31.5 Å². The average Bonchev–Trinajstić information content (AvgIpc) is 2.43. The SMILES string of the molecule is C[C@H]1CN(C(=O)NCc2ccc(S(C)(=O)=O)cc2)C[C@H](C)O1. The summed E-state index contributed by atoms with van der Waals surface area (Å²) in [4.78, 5) is 14.2. The average molecular weight is 326 g/mol. The molecule has 0 unspecified atom stereocenters. The Morgan fingerprint density at radius 2 is 1.77 bits per heavy atom. The molecule has 1 N–H and O–H groups in total. The summed E-state index contributed by atoms with van der Waals surface area (Å²) in [5.41, 5.74) is 0.857. The highest BCUT2D eigenvalue weighted by molar-refractivity contribution is 7.90. The van der Waals surface area contributed by atoms with Crippen molar-refractivity contribution in [2.24, 2.45) is 0 Å². The molecular formula is C15H22N2O4S. The van der Waals surface area contributed by atoms with Gasteiger partial charge in [-0.3, -0.25) is 0 Å². The van der Waals surface area contributed by atoms with E-state index in [4.69, 9.17) is 4.74 Å². The summed E-state index contributed by atoms with van der Waals surface area (Å²) in [5.74, 6) is 0. The van der Waals surface area contributed by atoms with Gasteiger partial charge in [0, 0.05) is 25.9 Å². The van der Waals surface area contributed by atoms with Crippen molar-refractivity contribution in [1.29, 1.82) is 0 Å². The minimum absolute atomic E-state index is 0.0311. The van der Waals surface area contributed by atoms with Gasteiger partial charge in [-0.1, -0.05) is 12.1 Å². The Kier molecular flexibility index (Phi) is 5.08. The lowest BCUT2D eigenvalue weighted by molar-refractivity contribution is -0.0545. The van der Waals surface area contributed by atoms with E-state index < -0.39 is 9.84 Å². The predicted octanol–water partition coefficient (Wildman–Crippen LogP) is 1.41. The molecule has 0 aliphatic carbocycles. The van der Waals surface area contributed by atoms with Gasteiger partial charge in [-0.15, -0.1) is 0 Å². The number of benzene rings is 1. The Hall–Kier alpha value is -1.60. The topological polar surface area (TPSA) is 75.7 Å². The van der Waals surface area contributed by atoms with Gasteiger partial charge in [0.2, 0.25) is 0 Å². The molecule has 1 aliphatic rings. The van der Waals surface area contributed by atoms with E-state index >= 15 is 0 Å². The maximum atomic E-state index is 12.2. The Morgan fingerprint density at radius 3 is 2.27 bits per heavy atom. The molecule has 6 nitrogen and oxygen atoms in total. The molecule has 1 aromatic rings. The molecule has 2 atom stereocenters. The standard InChI is InChI=1S/C15H22N2O4S/c1-11-9-17(10-12(2)21-11)15(18)16-8-13-4-6-14(7-5-13)22(3,19)20/h4-7,11-12H,8-10H2,1-3H3,(H,16,18)/t11-,12-/m0/s1. The number of hydrogen-bond acceptors (Lipinski definition) is 4. The van der Waals surface area contributed by atoms with E-state index in [1.807, 2.05) is 13.8 Å². The molecule has 1 heterocycles. The van der Waals surface area contributed by atoms with Crippen molar-refractivity contribution in [3.05, 3.63) is 29.8 Å². The number of rotatable bonds is 3. The van der Waals surface area contributed by atoms with E-state index in [0.29, 0.717) is 19.6 Å². The van der Waals surface area contributed by atoms with E-state index in [1.165, 1.54) is 6.26 Å². The highest BCUT2D eigenvalue weighted by atomic mass is 32.2. The van der Waals surface area contributed by atoms with E-state index in [1.54, 1.807) is 29.2 Å². The van der Waals surface area contributed by atoms with E-state index in [-0.39, 0.29) is 23.1 Å². The maximum absolute atomic E-state index is 12.2. The van der Waals surface area contributed by atoms with Crippen LogP contribution in [0, 0.1) is 0 Å². The highest BCUT2D eigenvalue weighted by Gasteiger charge is 2.25. The number of hydrogen-bond donors (Lipinski definition) is 1. The van der Waals surface area contributed by atoms with Gasteiger partial charge in [0.1, 0.15) is 0 Å². The smallest absolute Gasteiger partial charge is 0.317 e. The second kappa shape index (κ2) is 6.66. The molecule has 1 fully saturated rings. The van der Waals surface area contributed by atoms with Crippen molar-refractivity contribution < 1.29 is 17.9 Å². The molecule has 2 amide bonds. The molecule has 1 aromatic carbocycles. The van der Waals surface area contributed by atoms with Gasteiger partial charge < -0.3 is 15.0 Å². The Morgan fingerprint density at radius 1 is 1.23 bits per heavy atom. The highest BCUT2D eigenvalue weighted by Crippen LogP contribution is 2.12. The third kappa shape index (κ3) is 4.45. The van der Waals surface area contributed by atoms with Crippen molar-refractivity contribution in [2.75, 3.05) is 19.3 Å². The molecule has 1 saturated heterocycles. The minimum atomic E-state index is -3.19. The fourth-order valence-electron chi connectivity index (χ4n) is 2.49. The first-order chi connectivity index (χ1) is 10.3. The second-order valence-electron chi connectivity index (χ2n) is 5.74. The molecule has 1 aliphatic heterocycles. The van der Waals surface area contributed by atoms with Gasteiger partial charge in [0.25, 0.3) is 0 Å².